The molecule has 1 amide bonds. The number of imidazole rings is 1. The molecular formula is C32H40FN5O8S. The zero-order valence-corrected chi connectivity index (χ0v) is 28.3. The minimum Gasteiger partial charge on any atom is -0.462 e. The van der Waals surface area contributed by atoms with Gasteiger partial charge in [0.05, 0.1) is 18.9 Å². The Kier molecular flexibility index (Phi) is 11.0. The lowest BCUT2D eigenvalue weighted by atomic mass is 9.78. The molecule has 47 heavy (non-hydrogen) atoms. The van der Waals surface area contributed by atoms with Gasteiger partial charge < -0.3 is 24.6 Å². The van der Waals surface area contributed by atoms with E-state index in [1.807, 2.05) is 33.8 Å². The maximum Gasteiger partial charge on any atom is 0.312 e. The maximum absolute atomic E-state index is 14.5. The fraction of sp³-hybridized carbons (Fsp3) is 0.531. The zero-order chi connectivity index (χ0) is 34.7. The number of nitrogens with one attached hydrogen (secondary N) is 1. The van der Waals surface area contributed by atoms with E-state index in [1.165, 1.54) is 24.7 Å². The van der Waals surface area contributed by atoms with Gasteiger partial charge in [0.15, 0.2) is 22.1 Å². The lowest BCUT2D eigenvalue weighted by molar-refractivity contribution is -0.163. The summed E-state index contributed by atoms with van der Waals surface area (Å²) >= 11 is 1.11. The number of carbonyl (C=O) groups excluding carboxylic acids is 4. The number of amides is 1. The quantitative estimate of drug-likeness (QED) is 0.120. The minimum absolute atomic E-state index is 0.0391. The molecule has 0 aliphatic carbocycles. The predicted octanol–water partition coefficient (Wildman–Crippen LogP) is 4.46. The maximum atomic E-state index is 14.5. The summed E-state index contributed by atoms with van der Waals surface area (Å²) in [7, 11) is 0. The monoisotopic (exact) mass is 673 g/mol. The van der Waals surface area contributed by atoms with Gasteiger partial charge in [-0.2, -0.15) is 14.4 Å². The first-order chi connectivity index (χ1) is 22.0. The van der Waals surface area contributed by atoms with Gasteiger partial charge >= 0.3 is 18.0 Å². The van der Waals surface area contributed by atoms with Crippen LogP contribution in [0.5, 0.6) is 5.75 Å². The number of aliphatic hydroxyl groups excluding tert-OH is 1. The van der Waals surface area contributed by atoms with Gasteiger partial charge in [0.1, 0.15) is 24.2 Å². The number of rotatable bonds is 12. The van der Waals surface area contributed by atoms with E-state index >= 15 is 0 Å². The highest BCUT2D eigenvalue weighted by Gasteiger charge is 2.47. The van der Waals surface area contributed by atoms with Gasteiger partial charge in [-0.15, -0.1) is 0 Å². The van der Waals surface area contributed by atoms with Crippen LogP contribution in [0, 0.1) is 19.9 Å². The van der Waals surface area contributed by atoms with Crippen molar-refractivity contribution in [3.8, 4) is 5.75 Å². The smallest absolute Gasteiger partial charge is 0.312 e. The number of hydrogen-bond donors (Lipinski definition) is 2. The third-order valence-electron chi connectivity index (χ3n) is 7.83. The zero-order valence-electron chi connectivity index (χ0n) is 27.5. The molecule has 1 aliphatic heterocycles. The number of nitrogens with zero attached hydrogens (tertiary/aromatic N) is 4. The van der Waals surface area contributed by atoms with Gasteiger partial charge in [-0.1, -0.05) is 31.7 Å². The third-order valence-corrected chi connectivity index (χ3v) is 8.73. The number of benzene rings is 1. The van der Waals surface area contributed by atoms with Crippen LogP contribution in [-0.2, 0) is 34.1 Å². The molecule has 1 aromatic carbocycles. The molecule has 3 heterocycles. The Morgan fingerprint density at radius 3 is 2.62 bits per heavy atom. The second-order valence-corrected chi connectivity index (χ2v) is 13.8. The fourth-order valence-electron chi connectivity index (χ4n) is 5.76. The lowest BCUT2D eigenvalue weighted by Gasteiger charge is -2.30. The number of anilines is 1. The van der Waals surface area contributed by atoms with Gasteiger partial charge in [-0.05, 0) is 44.4 Å². The van der Waals surface area contributed by atoms with Crippen LogP contribution in [-0.4, -0.2) is 71.7 Å². The average Bonchev–Trinajstić information content (AvgIpc) is 3.49. The van der Waals surface area contributed by atoms with Crippen molar-refractivity contribution < 1.29 is 42.9 Å². The average molecular weight is 674 g/mol. The van der Waals surface area contributed by atoms with E-state index in [9.17, 15) is 28.7 Å². The second-order valence-electron chi connectivity index (χ2n) is 12.6. The number of thioether (sulfide) groups is 1. The van der Waals surface area contributed by atoms with Crippen LogP contribution in [0.15, 0.2) is 18.5 Å². The van der Waals surface area contributed by atoms with Crippen LogP contribution in [0.2, 0.25) is 0 Å². The van der Waals surface area contributed by atoms with E-state index in [1.54, 1.807) is 13.0 Å². The Hall–Kier alpha value is -3.95. The first-order valence-corrected chi connectivity index (χ1v) is 16.1. The first kappa shape index (κ1) is 35.9. The molecule has 0 spiro atoms. The van der Waals surface area contributed by atoms with Gasteiger partial charge in [0.2, 0.25) is 5.91 Å². The molecule has 3 atom stereocenters. The van der Waals surface area contributed by atoms with Crippen LogP contribution in [0.25, 0.3) is 11.2 Å². The molecule has 13 nitrogen and oxygen atoms in total. The van der Waals surface area contributed by atoms with Gasteiger partial charge in [0.25, 0.3) is 0 Å². The van der Waals surface area contributed by atoms with Gasteiger partial charge in [-0.25, -0.2) is 4.98 Å². The number of aryl methyl sites for hydroxylation is 2. The molecule has 0 unspecified atom stereocenters. The highest BCUT2D eigenvalue weighted by molar-refractivity contribution is 8.13. The summed E-state index contributed by atoms with van der Waals surface area (Å²) in [4.78, 5) is 60.2. The molecule has 2 aromatic heterocycles. The molecule has 4 rings (SSSR count). The van der Waals surface area contributed by atoms with E-state index in [0.29, 0.717) is 23.5 Å². The largest absolute Gasteiger partial charge is 0.462 e. The van der Waals surface area contributed by atoms with Crippen LogP contribution >= 0.6 is 11.8 Å². The van der Waals surface area contributed by atoms with Crippen LogP contribution in [0.3, 0.4) is 0 Å². The van der Waals surface area contributed by atoms with Crippen molar-refractivity contribution in [2.45, 2.75) is 97.5 Å². The van der Waals surface area contributed by atoms with E-state index in [0.717, 1.165) is 22.9 Å². The van der Waals surface area contributed by atoms with Crippen molar-refractivity contribution in [3.05, 3.63) is 41.2 Å². The number of ether oxygens (including phenoxy) is 3. The molecule has 0 radical (unpaired) electrons. The molecule has 0 saturated carbocycles. The summed E-state index contributed by atoms with van der Waals surface area (Å²) in [6.45, 7) is 11.6. The number of aromatic nitrogens is 4. The van der Waals surface area contributed by atoms with Crippen molar-refractivity contribution in [2.24, 2.45) is 0 Å². The summed E-state index contributed by atoms with van der Waals surface area (Å²) in [6, 6.07) is 3.71. The number of aliphatic hydroxyl groups is 1. The molecule has 15 heteroatoms. The Balaban J connectivity index is 1.43. The standard InChI is InChI=1S/C32H40FN5O8S/c1-17-11-18(2)26(21(12-17)45-19(3)39)31(5,6)14-25(43)44-15-32(7)22(41)13-24(46-32)38-16-34-27-28(36-30(33)37-29(27)38)35-23(42)9-8-10-47-20(4)40/h11-12,16,22,24,41H,8-10,13-15H2,1-7H3,(H,35,36,37,42)/t22-,24+,32+/m0/s1. The Labute approximate surface area is 276 Å². The fourth-order valence-corrected chi connectivity index (χ4v) is 6.34. The second kappa shape index (κ2) is 14.4. The summed E-state index contributed by atoms with van der Waals surface area (Å²) in [5.74, 6) is -0.699. The van der Waals surface area contributed by atoms with E-state index in [-0.39, 0.29) is 48.0 Å². The minimum atomic E-state index is -1.32. The Morgan fingerprint density at radius 1 is 1.21 bits per heavy atom. The van der Waals surface area contributed by atoms with Crippen LogP contribution in [0.4, 0.5) is 10.2 Å². The van der Waals surface area contributed by atoms with Crippen molar-refractivity contribution >= 4 is 51.7 Å². The van der Waals surface area contributed by atoms with Crippen molar-refractivity contribution in [2.75, 3.05) is 17.7 Å². The molecule has 3 aromatic rings. The van der Waals surface area contributed by atoms with Crippen molar-refractivity contribution in [3.63, 3.8) is 0 Å². The van der Waals surface area contributed by atoms with Crippen molar-refractivity contribution in [1.82, 2.24) is 19.5 Å². The normalized spacial score (nSPS) is 19.5. The van der Waals surface area contributed by atoms with Crippen LogP contribution < -0.4 is 10.1 Å². The molecule has 1 fully saturated rings. The molecular weight excluding hydrogens is 633 g/mol. The number of esters is 2. The van der Waals surface area contributed by atoms with Gasteiger partial charge in [0, 0.05) is 43.4 Å². The first-order valence-electron chi connectivity index (χ1n) is 15.1. The molecule has 1 aliphatic rings. The summed E-state index contributed by atoms with van der Waals surface area (Å²) in [6.07, 6.45) is -1.12. The summed E-state index contributed by atoms with van der Waals surface area (Å²) < 4.78 is 33.2. The third kappa shape index (κ3) is 8.70. The van der Waals surface area contributed by atoms with E-state index in [4.69, 9.17) is 14.2 Å². The topological polar surface area (TPSA) is 172 Å². The summed E-state index contributed by atoms with van der Waals surface area (Å²) in [5, 5.41) is 13.5. The predicted molar refractivity (Wildman–Crippen MR) is 171 cm³/mol. The van der Waals surface area contributed by atoms with Gasteiger partial charge in [-0.3, -0.25) is 23.7 Å². The molecule has 1 saturated heterocycles. The Morgan fingerprint density at radius 2 is 1.94 bits per heavy atom. The highest BCUT2D eigenvalue weighted by atomic mass is 32.2. The number of fused-ring (bicyclic) bond motifs is 1. The molecule has 2 N–H and O–H groups in total. The SMILES string of the molecule is CC(=O)Oc1cc(C)cc(C)c1C(C)(C)CC(=O)OC[C@@]1(C)O[C@@H](n2cnc3c(NC(=O)CCCSC(C)=O)nc(F)nc32)C[C@@H]1O. The number of hydrogen-bond acceptors (Lipinski definition) is 12. The van der Waals surface area contributed by atoms with Crippen LogP contribution in [0.1, 0.15) is 83.2 Å². The lowest BCUT2D eigenvalue weighted by Crippen LogP contribution is -2.42. The van der Waals surface area contributed by atoms with Crippen molar-refractivity contribution in [1.29, 1.82) is 0 Å². The molecule has 254 valence electrons. The Bertz CT molecular complexity index is 1700. The number of halogens is 1. The van der Waals surface area contributed by atoms with E-state index in [2.05, 4.69) is 20.3 Å². The summed E-state index contributed by atoms with van der Waals surface area (Å²) in [5.41, 5.74) is 0.566. The number of carbonyl (C=O) groups is 4. The van der Waals surface area contributed by atoms with E-state index < -0.39 is 47.3 Å². The highest BCUT2D eigenvalue weighted by Crippen LogP contribution is 2.40. The molecule has 0 bridgehead atoms.